The van der Waals surface area contributed by atoms with Gasteiger partial charge < -0.3 is 5.32 Å². The van der Waals surface area contributed by atoms with E-state index < -0.39 is 0 Å². The van der Waals surface area contributed by atoms with Crippen LogP contribution in [0.3, 0.4) is 0 Å². The third-order valence-corrected chi connectivity index (χ3v) is 3.13. The highest BCUT2D eigenvalue weighted by molar-refractivity contribution is 5.59. The molecule has 0 spiro atoms. The van der Waals surface area contributed by atoms with Crippen LogP contribution in [0, 0.1) is 6.92 Å². The Morgan fingerprint density at radius 1 is 1.24 bits per heavy atom. The molecule has 0 unspecified atom stereocenters. The van der Waals surface area contributed by atoms with Gasteiger partial charge in [-0.15, -0.1) is 0 Å². The molecule has 2 heterocycles. The zero-order chi connectivity index (χ0) is 11.7. The molecule has 0 atom stereocenters. The van der Waals surface area contributed by atoms with Crippen molar-refractivity contribution < 1.29 is 0 Å². The number of nitrogens with one attached hydrogen (secondary N) is 1. The lowest BCUT2D eigenvalue weighted by Gasteiger charge is -2.25. The van der Waals surface area contributed by atoms with Gasteiger partial charge in [0.2, 0.25) is 0 Å². The summed E-state index contributed by atoms with van der Waals surface area (Å²) in [5, 5.41) is 3.25. The highest BCUT2D eigenvalue weighted by atomic mass is 15.0. The number of benzene rings is 1. The molecule has 1 aliphatic rings. The van der Waals surface area contributed by atoms with E-state index in [0.29, 0.717) is 5.92 Å². The highest BCUT2D eigenvalue weighted by Crippen LogP contribution is 2.21. The third kappa shape index (κ3) is 2.06. The van der Waals surface area contributed by atoms with Gasteiger partial charge >= 0.3 is 0 Å². The molecule has 0 aliphatic carbocycles. The Morgan fingerprint density at radius 3 is 2.82 bits per heavy atom. The summed E-state index contributed by atoms with van der Waals surface area (Å²) < 4.78 is 0. The van der Waals surface area contributed by atoms with Crippen molar-refractivity contribution in [3.05, 3.63) is 47.9 Å². The van der Waals surface area contributed by atoms with Crippen molar-refractivity contribution in [1.82, 2.24) is 15.3 Å². The SMILES string of the molecule is Cc1cccc(-c2ccnc(C3CNC3)n2)c1. The molecule has 1 saturated heterocycles. The molecule has 1 aliphatic heterocycles. The van der Waals surface area contributed by atoms with E-state index in [1.54, 1.807) is 0 Å². The van der Waals surface area contributed by atoms with Crippen molar-refractivity contribution in [2.45, 2.75) is 12.8 Å². The summed E-state index contributed by atoms with van der Waals surface area (Å²) in [5.41, 5.74) is 3.44. The van der Waals surface area contributed by atoms with Crippen molar-refractivity contribution >= 4 is 0 Å². The molecule has 3 nitrogen and oxygen atoms in total. The minimum atomic E-state index is 0.486. The molecule has 1 aromatic carbocycles. The Balaban J connectivity index is 1.97. The van der Waals surface area contributed by atoms with Crippen LogP contribution in [0.2, 0.25) is 0 Å². The molecule has 1 fully saturated rings. The van der Waals surface area contributed by atoms with Gasteiger partial charge in [0.05, 0.1) is 5.69 Å². The summed E-state index contributed by atoms with van der Waals surface area (Å²) in [4.78, 5) is 9.01. The van der Waals surface area contributed by atoms with Crippen LogP contribution in [-0.4, -0.2) is 23.1 Å². The summed E-state index contributed by atoms with van der Waals surface area (Å²) in [5.74, 6) is 1.45. The van der Waals surface area contributed by atoms with Crippen molar-refractivity contribution in [2.75, 3.05) is 13.1 Å². The summed E-state index contributed by atoms with van der Waals surface area (Å²) >= 11 is 0. The smallest absolute Gasteiger partial charge is 0.134 e. The van der Waals surface area contributed by atoms with Gasteiger partial charge in [0.15, 0.2) is 0 Å². The van der Waals surface area contributed by atoms with E-state index in [9.17, 15) is 0 Å². The molecule has 0 radical (unpaired) electrons. The van der Waals surface area contributed by atoms with E-state index in [1.165, 1.54) is 11.1 Å². The van der Waals surface area contributed by atoms with Crippen LogP contribution in [0.4, 0.5) is 0 Å². The normalized spacial score (nSPS) is 15.6. The van der Waals surface area contributed by atoms with E-state index in [0.717, 1.165) is 24.6 Å². The van der Waals surface area contributed by atoms with Crippen molar-refractivity contribution in [3.8, 4) is 11.3 Å². The molecular weight excluding hydrogens is 210 g/mol. The van der Waals surface area contributed by atoms with Gasteiger partial charge in [0, 0.05) is 30.8 Å². The fourth-order valence-electron chi connectivity index (χ4n) is 2.01. The topological polar surface area (TPSA) is 37.8 Å². The molecule has 86 valence electrons. The van der Waals surface area contributed by atoms with Crippen molar-refractivity contribution in [1.29, 1.82) is 0 Å². The van der Waals surface area contributed by atoms with Crippen molar-refractivity contribution in [3.63, 3.8) is 0 Å². The maximum atomic E-state index is 4.65. The Morgan fingerprint density at radius 2 is 2.12 bits per heavy atom. The fourth-order valence-corrected chi connectivity index (χ4v) is 2.01. The predicted octanol–water partition coefficient (Wildman–Crippen LogP) is 2.14. The van der Waals surface area contributed by atoms with Gasteiger partial charge in [0.25, 0.3) is 0 Å². The zero-order valence-corrected chi connectivity index (χ0v) is 9.85. The Kier molecular flexibility index (Phi) is 2.61. The van der Waals surface area contributed by atoms with Gasteiger partial charge in [-0.2, -0.15) is 0 Å². The maximum absolute atomic E-state index is 4.65. The minimum Gasteiger partial charge on any atom is -0.315 e. The number of rotatable bonds is 2. The van der Waals surface area contributed by atoms with Crippen LogP contribution in [0.25, 0.3) is 11.3 Å². The standard InChI is InChI=1S/C14H15N3/c1-10-3-2-4-11(7-10)13-5-6-16-14(17-13)12-8-15-9-12/h2-7,12,15H,8-9H2,1H3. The quantitative estimate of drug-likeness (QED) is 0.851. The molecular formula is C14H15N3. The number of nitrogens with zero attached hydrogens (tertiary/aromatic N) is 2. The monoisotopic (exact) mass is 225 g/mol. The number of hydrogen-bond donors (Lipinski definition) is 1. The number of hydrogen-bond acceptors (Lipinski definition) is 3. The van der Waals surface area contributed by atoms with Gasteiger partial charge in [-0.3, -0.25) is 0 Å². The van der Waals surface area contributed by atoms with Crippen LogP contribution in [0.1, 0.15) is 17.3 Å². The first-order valence-electron chi connectivity index (χ1n) is 5.93. The number of aromatic nitrogens is 2. The summed E-state index contributed by atoms with van der Waals surface area (Å²) in [6.07, 6.45) is 1.86. The van der Waals surface area contributed by atoms with E-state index >= 15 is 0 Å². The van der Waals surface area contributed by atoms with Crippen LogP contribution >= 0.6 is 0 Å². The van der Waals surface area contributed by atoms with E-state index in [4.69, 9.17) is 0 Å². The van der Waals surface area contributed by atoms with Gasteiger partial charge in [-0.25, -0.2) is 9.97 Å². The van der Waals surface area contributed by atoms with Crippen molar-refractivity contribution in [2.24, 2.45) is 0 Å². The minimum absolute atomic E-state index is 0.486. The van der Waals surface area contributed by atoms with E-state index in [-0.39, 0.29) is 0 Å². The average Bonchev–Trinajstić information content (AvgIpc) is 2.27. The first-order chi connectivity index (χ1) is 8.33. The first kappa shape index (κ1) is 10.4. The average molecular weight is 225 g/mol. The zero-order valence-electron chi connectivity index (χ0n) is 9.85. The molecule has 3 heteroatoms. The number of aryl methyl sites for hydroxylation is 1. The Labute approximate surface area is 101 Å². The lowest BCUT2D eigenvalue weighted by Crippen LogP contribution is -2.40. The molecule has 2 aromatic rings. The Bertz CT molecular complexity index is 532. The first-order valence-corrected chi connectivity index (χ1v) is 5.93. The lowest BCUT2D eigenvalue weighted by atomic mass is 10.0. The third-order valence-electron chi connectivity index (χ3n) is 3.13. The molecule has 3 rings (SSSR count). The van der Waals surface area contributed by atoms with Crippen LogP contribution in [-0.2, 0) is 0 Å². The second-order valence-corrected chi connectivity index (χ2v) is 4.52. The molecule has 0 bridgehead atoms. The summed E-state index contributed by atoms with van der Waals surface area (Å²) in [6.45, 7) is 4.09. The molecule has 1 aromatic heterocycles. The van der Waals surface area contributed by atoms with Crippen LogP contribution in [0.15, 0.2) is 36.5 Å². The van der Waals surface area contributed by atoms with E-state index in [1.807, 2.05) is 12.3 Å². The van der Waals surface area contributed by atoms with Gasteiger partial charge in [-0.1, -0.05) is 23.8 Å². The molecule has 17 heavy (non-hydrogen) atoms. The van der Waals surface area contributed by atoms with Gasteiger partial charge in [0.1, 0.15) is 5.82 Å². The molecule has 1 N–H and O–H groups in total. The summed E-state index contributed by atoms with van der Waals surface area (Å²) in [6, 6.07) is 10.4. The van der Waals surface area contributed by atoms with Crippen LogP contribution < -0.4 is 5.32 Å². The van der Waals surface area contributed by atoms with Crippen LogP contribution in [0.5, 0.6) is 0 Å². The molecule has 0 amide bonds. The fraction of sp³-hybridized carbons (Fsp3) is 0.286. The second-order valence-electron chi connectivity index (χ2n) is 4.52. The maximum Gasteiger partial charge on any atom is 0.134 e. The molecule has 0 saturated carbocycles. The lowest BCUT2D eigenvalue weighted by molar-refractivity contribution is 0.430. The largest absolute Gasteiger partial charge is 0.315 e. The Hall–Kier alpha value is -1.74. The predicted molar refractivity (Wildman–Crippen MR) is 67.8 cm³/mol. The highest BCUT2D eigenvalue weighted by Gasteiger charge is 2.21. The van der Waals surface area contributed by atoms with E-state index in [2.05, 4.69) is 46.5 Å². The van der Waals surface area contributed by atoms with Gasteiger partial charge in [-0.05, 0) is 19.1 Å². The summed E-state index contributed by atoms with van der Waals surface area (Å²) in [7, 11) is 0. The second kappa shape index (κ2) is 4.26.